The summed E-state index contributed by atoms with van der Waals surface area (Å²) in [4.78, 5) is 10.9. The molecule has 0 unspecified atom stereocenters. The highest BCUT2D eigenvalue weighted by Gasteiger charge is 2.25. The molecule has 1 fully saturated rings. The topological polar surface area (TPSA) is 74.7 Å². The zero-order valence-corrected chi connectivity index (χ0v) is 12.3. The van der Waals surface area contributed by atoms with Gasteiger partial charge in [0.05, 0.1) is 10.5 Å². The molecular formula is C14H19NO4S. The van der Waals surface area contributed by atoms with Crippen molar-refractivity contribution in [1.29, 1.82) is 0 Å². The summed E-state index contributed by atoms with van der Waals surface area (Å²) in [7, 11) is -1.95. The third-order valence-corrected chi connectivity index (χ3v) is 5.64. The summed E-state index contributed by atoms with van der Waals surface area (Å²) in [5.41, 5.74) is 0.0856. The fourth-order valence-electron chi connectivity index (χ4n) is 2.60. The minimum atomic E-state index is -3.53. The SMILES string of the molecule is CN(CC1CCCC1)S(=O)(=O)c1ccc(C(=O)O)cc1. The summed E-state index contributed by atoms with van der Waals surface area (Å²) in [5, 5.41) is 8.82. The smallest absolute Gasteiger partial charge is 0.335 e. The molecule has 0 aliphatic heterocycles. The maximum atomic E-state index is 12.4. The number of carboxylic acid groups (broad SMARTS) is 1. The highest BCUT2D eigenvalue weighted by molar-refractivity contribution is 7.89. The summed E-state index contributed by atoms with van der Waals surface area (Å²) in [6, 6.07) is 5.34. The Kier molecular flexibility index (Phi) is 4.45. The number of hydrogen-bond acceptors (Lipinski definition) is 3. The van der Waals surface area contributed by atoms with E-state index >= 15 is 0 Å². The molecule has 0 aromatic heterocycles. The summed E-state index contributed by atoms with van der Waals surface area (Å²) >= 11 is 0. The Hall–Kier alpha value is -1.40. The second-order valence-electron chi connectivity index (χ2n) is 5.27. The van der Waals surface area contributed by atoms with Gasteiger partial charge in [-0.05, 0) is 43.0 Å². The van der Waals surface area contributed by atoms with Crippen molar-refractivity contribution in [2.24, 2.45) is 5.92 Å². The molecule has 0 heterocycles. The Morgan fingerprint density at radius 1 is 1.25 bits per heavy atom. The highest BCUT2D eigenvalue weighted by Crippen LogP contribution is 2.27. The molecule has 0 bridgehead atoms. The molecule has 20 heavy (non-hydrogen) atoms. The van der Waals surface area contributed by atoms with Crippen molar-refractivity contribution in [2.45, 2.75) is 30.6 Å². The molecule has 0 saturated heterocycles. The number of carboxylic acids is 1. The highest BCUT2D eigenvalue weighted by atomic mass is 32.2. The van der Waals surface area contributed by atoms with Gasteiger partial charge in [-0.25, -0.2) is 17.5 Å². The van der Waals surface area contributed by atoms with E-state index < -0.39 is 16.0 Å². The molecule has 2 rings (SSSR count). The third-order valence-electron chi connectivity index (χ3n) is 3.80. The van der Waals surface area contributed by atoms with Crippen molar-refractivity contribution in [3.8, 4) is 0 Å². The second-order valence-corrected chi connectivity index (χ2v) is 7.31. The third kappa shape index (κ3) is 3.19. The van der Waals surface area contributed by atoms with Gasteiger partial charge in [0.15, 0.2) is 0 Å². The monoisotopic (exact) mass is 297 g/mol. The van der Waals surface area contributed by atoms with Crippen LogP contribution in [0.15, 0.2) is 29.2 Å². The standard InChI is InChI=1S/C14H19NO4S/c1-15(10-11-4-2-3-5-11)20(18,19)13-8-6-12(7-9-13)14(16)17/h6-9,11H,2-5,10H2,1H3,(H,16,17). The lowest BCUT2D eigenvalue weighted by Gasteiger charge is -2.20. The molecule has 1 N–H and O–H groups in total. The number of sulfonamides is 1. The van der Waals surface area contributed by atoms with Gasteiger partial charge in [-0.2, -0.15) is 0 Å². The van der Waals surface area contributed by atoms with E-state index in [1.165, 1.54) is 41.4 Å². The minimum absolute atomic E-state index is 0.0856. The van der Waals surface area contributed by atoms with Crippen molar-refractivity contribution in [1.82, 2.24) is 4.31 Å². The zero-order chi connectivity index (χ0) is 14.8. The fraction of sp³-hybridized carbons (Fsp3) is 0.500. The average molecular weight is 297 g/mol. The van der Waals surface area contributed by atoms with Crippen LogP contribution in [0.25, 0.3) is 0 Å². The van der Waals surface area contributed by atoms with Crippen molar-refractivity contribution >= 4 is 16.0 Å². The van der Waals surface area contributed by atoms with Gasteiger partial charge < -0.3 is 5.11 Å². The molecule has 1 aliphatic carbocycles. The van der Waals surface area contributed by atoms with Crippen molar-refractivity contribution in [2.75, 3.05) is 13.6 Å². The van der Waals surface area contributed by atoms with E-state index in [4.69, 9.17) is 5.11 Å². The van der Waals surface area contributed by atoms with E-state index in [1.54, 1.807) is 7.05 Å². The molecule has 1 saturated carbocycles. The van der Waals surface area contributed by atoms with Crippen molar-refractivity contribution in [3.63, 3.8) is 0 Å². The van der Waals surface area contributed by atoms with Crippen LogP contribution in [-0.2, 0) is 10.0 Å². The van der Waals surface area contributed by atoms with Gasteiger partial charge in [0.2, 0.25) is 10.0 Å². The maximum Gasteiger partial charge on any atom is 0.335 e. The molecule has 6 heteroatoms. The van der Waals surface area contributed by atoms with Crippen LogP contribution in [0.1, 0.15) is 36.0 Å². The molecule has 1 aromatic carbocycles. The predicted octanol–water partition coefficient (Wildman–Crippen LogP) is 2.20. The molecule has 0 amide bonds. The van der Waals surface area contributed by atoms with Gasteiger partial charge >= 0.3 is 5.97 Å². The molecular weight excluding hydrogens is 278 g/mol. The van der Waals surface area contributed by atoms with Gasteiger partial charge in [0.25, 0.3) is 0 Å². The average Bonchev–Trinajstić information content (AvgIpc) is 2.91. The predicted molar refractivity (Wildman–Crippen MR) is 75.2 cm³/mol. The Morgan fingerprint density at radius 2 is 1.80 bits per heavy atom. The Labute approximate surface area is 119 Å². The number of nitrogens with zero attached hydrogens (tertiary/aromatic N) is 1. The normalized spacial score (nSPS) is 16.7. The summed E-state index contributed by atoms with van der Waals surface area (Å²) < 4.78 is 26.1. The number of benzene rings is 1. The van der Waals surface area contributed by atoms with Gasteiger partial charge in [-0.3, -0.25) is 0 Å². The first-order valence-corrected chi connectivity index (χ1v) is 8.15. The zero-order valence-electron chi connectivity index (χ0n) is 11.4. The van der Waals surface area contributed by atoms with E-state index in [0.29, 0.717) is 12.5 Å². The summed E-state index contributed by atoms with van der Waals surface area (Å²) in [5.74, 6) is -0.624. The molecule has 110 valence electrons. The van der Waals surface area contributed by atoms with Crippen LogP contribution in [0.5, 0.6) is 0 Å². The quantitative estimate of drug-likeness (QED) is 0.904. The number of aromatic carboxylic acids is 1. The van der Waals surface area contributed by atoms with Gasteiger partial charge in [-0.15, -0.1) is 0 Å². The molecule has 1 aromatic rings. The lowest BCUT2D eigenvalue weighted by atomic mass is 10.1. The molecule has 5 nitrogen and oxygen atoms in total. The molecule has 1 aliphatic rings. The van der Waals surface area contributed by atoms with Crippen LogP contribution in [0, 0.1) is 5.92 Å². The lowest BCUT2D eigenvalue weighted by molar-refractivity contribution is 0.0696. The van der Waals surface area contributed by atoms with Crippen molar-refractivity contribution < 1.29 is 18.3 Å². The minimum Gasteiger partial charge on any atom is -0.478 e. The number of hydrogen-bond donors (Lipinski definition) is 1. The van der Waals surface area contributed by atoms with Gasteiger partial charge in [0.1, 0.15) is 0 Å². The molecule has 0 radical (unpaired) electrons. The largest absolute Gasteiger partial charge is 0.478 e. The fourth-order valence-corrected chi connectivity index (χ4v) is 3.85. The maximum absolute atomic E-state index is 12.4. The van der Waals surface area contributed by atoms with E-state index in [9.17, 15) is 13.2 Å². The van der Waals surface area contributed by atoms with E-state index in [-0.39, 0.29) is 10.5 Å². The Bertz CT molecular complexity index is 574. The number of rotatable bonds is 5. The van der Waals surface area contributed by atoms with E-state index in [1.807, 2.05) is 0 Å². The van der Waals surface area contributed by atoms with Gasteiger partial charge in [-0.1, -0.05) is 12.8 Å². The Morgan fingerprint density at radius 3 is 2.30 bits per heavy atom. The summed E-state index contributed by atoms with van der Waals surface area (Å²) in [6.07, 6.45) is 4.51. The van der Waals surface area contributed by atoms with Crippen LogP contribution >= 0.6 is 0 Å². The molecule has 0 atom stereocenters. The first-order valence-electron chi connectivity index (χ1n) is 6.71. The summed E-state index contributed by atoms with van der Waals surface area (Å²) in [6.45, 7) is 0.531. The first kappa shape index (κ1) is 15.0. The Balaban J connectivity index is 2.13. The van der Waals surface area contributed by atoms with E-state index in [2.05, 4.69) is 0 Å². The van der Waals surface area contributed by atoms with Gasteiger partial charge in [0, 0.05) is 13.6 Å². The lowest BCUT2D eigenvalue weighted by Crippen LogP contribution is -2.31. The van der Waals surface area contributed by atoms with Crippen LogP contribution in [0.2, 0.25) is 0 Å². The van der Waals surface area contributed by atoms with Crippen molar-refractivity contribution in [3.05, 3.63) is 29.8 Å². The van der Waals surface area contributed by atoms with E-state index in [0.717, 1.165) is 12.8 Å². The molecule has 0 spiro atoms. The van der Waals surface area contributed by atoms with Crippen LogP contribution in [-0.4, -0.2) is 37.4 Å². The second kappa shape index (κ2) is 5.93. The first-order chi connectivity index (χ1) is 9.41. The van der Waals surface area contributed by atoms with Crippen LogP contribution in [0.3, 0.4) is 0 Å². The van der Waals surface area contributed by atoms with Crippen LogP contribution in [0.4, 0.5) is 0 Å². The number of carbonyl (C=O) groups is 1. The van der Waals surface area contributed by atoms with Crippen LogP contribution < -0.4 is 0 Å².